The molecule has 0 amide bonds. The third-order valence-corrected chi connectivity index (χ3v) is 4.27. The zero-order chi connectivity index (χ0) is 15.1. The van der Waals surface area contributed by atoms with E-state index in [1.807, 2.05) is 36.4 Å². The molecule has 1 heterocycles. The predicted molar refractivity (Wildman–Crippen MR) is 86.4 cm³/mol. The normalized spacial score (nSPS) is 13.4. The van der Waals surface area contributed by atoms with Crippen LogP contribution in [0.2, 0.25) is 0 Å². The van der Waals surface area contributed by atoms with Gasteiger partial charge < -0.3 is 4.74 Å². The molecule has 2 aromatic carbocycles. The Morgan fingerprint density at radius 1 is 1.05 bits per heavy atom. The van der Waals surface area contributed by atoms with E-state index in [4.69, 9.17) is 4.74 Å². The molecule has 4 nitrogen and oxygen atoms in total. The van der Waals surface area contributed by atoms with E-state index < -0.39 is 0 Å². The highest BCUT2D eigenvalue weighted by Gasteiger charge is 2.20. The van der Waals surface area contributed by atoms with Gasteiger partial charge in [-0.25, -0.2) is 9.97 Å². The third kappa shape index (κ3) is 2.27. The van der Waals surface area contributed by atoms with Crippen molar-refractivity contribution in [3.8, 4) is 11.6 Å². The maximum atomic E-state index is 11.7. The number of aromatic nitrogens is 2. The van der Waals surface area contributed by atoms with Gasteiger partial charge in [0.15, 0.2) is 5.78 Å². The molecular formula is C17H11BrN2O2. The Bertz CT molecular complexity index is 908. The van der Waals surface area contributed by atoms with Crippen molar-refractivity contribution in [2.24, 2.45) is 0 Å². The SMILES string of the molecule is O=C1CCc2cc(Oc3ncnc4ccc(Br)cc34)ccc21. The second-order valence-electron chi connectivity index (χ2n) is 5.18. The first kappa shape index (κ1) is 13.4. The lowest BCUT2D eigenvalue weighted by atomic mass is 10.1. The van der Waals surface area contributed by atoms with Crippen LogP contribution in [0.15, 0.2) is 47.2 Å². The molecule has 1 aromatic heterocycles. The van der Waals surface area contributed by atoms with E-state index in [9.17, 15) is 4.79 Å². The smallest absolute Gasteiger partial charge is 0.230 e. The van der Waals surface area contributed by atoms with Gasteiger partial charge in [0.05, 0.1) is 10.9 Å². The van der Waals surface area contributed by atoms with Crippen LogP contribution >= 0.6 is 15.9 Å². The highest BCUT2D eigenvalue weighted by molar-refractivity contribution is 9.10. The lowest BCUT2D eigenvalue weighted by molar-refractivity contribution is 0.0994. The summed E-state index contributed by atoms with van der Waals surface area (Å²) in [5, 5.41) is 0.841. The first-order valence-electron chi connectivity index (χ1n) is 6.95. The number of carbonyl (C=O) groups excluding carboxylic acids is 1. The first-order chi connectivity index (χ1) is 10.7. The highest BCUT2D eigenvalue weighted by Crippen LogP contribution is 2.31. The second-order valence-corrected chi connectivity index (χ2v) is 6.10. The molecule has 22 heavy (non-hydrogen) atoms. The van der Waals surface area contributed by atoms with Gasteiger partial charge >= 0.3 is 0 Å². The Morgan fingerprint density at radius 3 is 2.86 bits per heavy atom. The van der Waals surface area contributed by atoms with E-state index >= 15 is 0 Å². The molecule has 1 aliphatic rings. The largest absolute Gasteiger partial charge is 0.438 e. The average molecular weight is 355 g/mol. The number of nitrogens with zero attached hydrogens (tertiary/aromatic N) is 2. The summed E-state index contributed by atoms with van der Waals surface area (Å²) in [4.78, 5) is 20.1. The van der Waals surface area contributed by atoms with Gasteiger partial charge in [0, 0.05) is 16.5 Å². The molecule has 0 aliphatic heterocycles. The van der Waals surface area contributed by atoms with Gasteiger partial charge in [0.2, 0.25) is 5.88 Å². The molecule has 0 bridgehead atoms. The summed E-state index contributed by atoms with van der Waals surface area (Å²) < 4.78 is 6.87. The van der Waals surface area contributed by atoms with Gasteiger partial charge in [-0.1, -0.05) is 15.9 Å². The van der Waals surface area contributed by atoms with Crippen LogP contribution in [-0.2, 0) is 6.42 Å². The molecule has 3 aromatic rings. The van der Waals surface area contributed by atoms with Gasteiger partial charge in [-0.3, -0.25) is 4.79 Å². The van der Waals surface area contributed by atoms with Crippen LogP contribution in [0, 0.1) is 0 Å². The Hall–Kier alpha value is -2.27. The monoisotopic (exact) mass is 354 g/mol. The van der Waals surface area contributed by atoms with Gasteiger partial charge in [-0.2, -0.15) is 0 Å². The molecule has 5 heteroatoms. The number of ether oxygens (including phenoxy) is 1. The number of aryl methyl sites for hydroxylation is 1. The summed E-state index contributed by atoms with van der Waals surface area (Å²) in [7, 11) is 0. The molecule has 0 unspecified atom stereocenters. The van der Waals surface area contributed by atoms with E-state index in [0.717, 1.165) is 32.9 Å². The Labute approximate surface area is 135 Å². The summed E-state index contributed by atoms with van der Waals surface area (Å²) in [6, 6.07) is 11.3. The highest BCUT2D eigenvalue weighted by atomic mass is 79.9. The number of hydrogen-bond acceptors (Lipinski definition) is 4. The molecular weight excluding hydrogens is 344 g/mol. The fourth-order valence-corrected chi connectivity index (χ4v) is 3.05. The number of ketones is 1. The zero-order valence-corrected chi connectivity index (χ0v) is 13.1. The zero-order valence-electron chi connectivity index (χ0n) is 11.5. The van der Waals surface area contributed by atoms with E-state index in [-0.39, 0.29) is 5.78 Å². The van der Waals surface area contributed by atoms with Crippen molar-refractivity contribution in [1.82, 2.24) is 9.97 Å². The summed E-state index contributed by atoms with van der Waals surface area (Å²) in [6.45, 7) is 0. The maximum absolute atomic E-state index is 11.7. The number of fused-ring (bicyclic) bond motifs is 2. The van der Waals surface area contributed by atoms with Crippen molar-refractivity contribution >= 4 is 32.6 Å². The van der Waals surface area contributed by atoms with Gasteiger partial charge in [0.25, 0.3) is 0 Å². The topological polar surface area (TPSA) is 52.1 Å². The standard InChI is InChI=1S/C17H11BrN2O2/c18-11-2-5-15-14(8-11)17(20-9-19-15)22-12-3-4-13-10(7-12)1-6-16(13)21/h2-5,7-9H,1,6H2. The van der Waals surface area contributed by atoms with E-state index in [0.29, 0.717) is 18.1 Å². The molecule has 0 spiro atoms. The van der Waals surface area contributed by atoms with Crippen molar-refractivity contribution in [2.45, 2.75) is 12.8 Å². The first-order valence-corrected chi connectivity index (χ1v) is 7.74. The van der Waals surface area contributed by atoms with Crippen LogP contribution < -0.4 is 4.74 Å². The summed E-state index contributed by atoms with van der Waals surface area (Å²) in [5.41, 5.74) is 2.68. The number of rotatable bonds is 2. The Balaban J connectivity index is 1.75. The van der Waals surface area contributed by atoms with E-state index in [2.05, 4.69) is 25.9 Å². The molecule has 1 aliphatic carbocycles. The average Bonchev–Trinajstić information content (AvgIpc) is 2.89. The minimum Gasteiger partial charge on any atom is -0.438 e. The van der Waals surface area contributed by atoms with Crippen LogP contribution in [0.25, 0.3) is 10.9 Å². The molecule has 0 fully saturated rings. The minimum atomic E-state index is 0.206. The van der Waals surface area contributed by atoms with Crippen LogP contribution in [-0.4, -0.2) is 15.8 Å². The van der Waals surface area contributed by atoms with Crippen molar-refractivity contribution in [2.75, 3.05) is 0 Å². The minimum absolute atomic E-state index is 0.206. The number of hydrogen-bond donors (Lipinski definition) is 0. The molecule has 0 radical (unpaired) electrons. The summed E-state index contributed by atoms with van der Waals surface area (Å²) >= 11 is 3.45. The van der Waals surface area contributed by atoms with Crippen molar-refractivity contribution in [1.29, 1.82) is 0 Å². The summed E-state index contributed by atoms with van der Waals surface area (Å²) in [6.07, 6.45) is 2.85. The molecule has 0 atom stereocenters. The molecule has 108 valence electrons. The number of halogens is 1. The third-order valence-electron chi connectivity index (χ3n) is 3.77. The quantitative estimate of drug-likeness (QED) is 0.687. The number of benzene rings is 2. The van der Waals surface area contributed by atoms with Crippen LogP contribution in [0.5, 0.6) is 11.6 Å². The molecule has 0 saturated heterocycles. The van der Waals surface area contributed by atoms with Crippen LogP contribution in [0.1, 0.15) is 22.3 Å². The Morgan fingerprint density at radius 2 is 1.95 bits per heavy atom. The Kier molecular flexibility index (Phi) is 3.15. The number of Topliss-reactive ketones (excluding diaryl/α,β-unsaturated/α-hetero) is 1. The van der Waals surface area contributed by atoms with E-state index in [1.165, 1.54) is 6.33 Å². The lowest BCUT2D eigenvalue weighted by Crippen LogP contribution is -1.94. The van der Waals surface area contributed by atoms with Crippen molar-refractivity contribution in [3.63, 3.8) is 0 Å². The fourth-order valence-electron chi connectivity index (χ4n) is 2.69. The predicted octanol–water partition coefficient (Wildman–Crippen LogP) is 4.31. The molecule has 0 N–H and O–H groups in total. The fraction of sp³-hybridized carbons (Fsp3) is 0.118. The van der Waals surface area contributed by atoms with Crippen LogP contribution in [0.3, 0.4) is 0 Å². The number of carbonyl (C=O) groups is 1. The van der Waals surface area contributed by atoms with Crippen LogP contribution in [0.4, 0.5) is 0 Å². The second kappa shape index (κ2) is 5.18. The van der Waals surface area contributed by atoms with E-state index in [1.54, 1.807) is 0 Å². The van der Waals surface area contributed by atoms with Gasteiger partial charge in [0.1, 0.15) is 12.1 Å². The van der Waals surface area contributed by atoms with Gasteiger partial charge in [-0.15, -0.1) is 0 Å². The van der Waals surface area contributed by atoms with Crippen molar-refractivity contribution in [3.05, 3.63) is 58.3 Å². The molecule has 4 rings (SSSR count). The van der Waals surface area contributed by atoms with Gasteiger partial charge in [-0.05, 0) is 48.4 Å². The summed E-state index contributed by atoms with van der Waals surface area (Å²) in [5.74, 6) is 1.40. The maximum Gasteiger partial charge on any atom is 0.230 e. The lowest BCUT2D eigenvalue weighted by Gasteiger charge is -2.09. The van der Waals surface area contributed by atoms with Crippen molar-refractivity contribution < 1.29 is 9.53 Å². The molecule has 0 saturated carbocycles.